The number of benzene rings is 3. The minimum absolute atomic E-state index is 0.114. The fourth-order valence-electron chi connectivity index (χ4n) is 3.83. The van der Waals surface area contributed by atoms with E-state index >= 15 is 0 Å². The van der Waals surface area contributed by atoms with Crippen LogP contribution in [0.2, 0.25) is 0 Å². The number of carbonyl (C=O) groups excluding carboxylic acids is 1. The first-order chi connectivity index (χ1) is 16.9. The maximum Gasteiger partial charge on any atom is 0.262 e. The van der Waals surface area contributed by atoms with Crippen LogP contribution in [0.25, 0.3) is 22.6 Å². The molecule has 1 unspecified atom stereocenters. The average Bonchev–Trinajstić information content (AvgIpc) is 3.31. The van der Waals surface area contributed by atoms with E-state index in [2.05, 4.69) is 44.1 Å². The van der Waals surface area contributed by atoms with Crippen LogP contribution in [0.4, 0.5) is 5.69 Å². The number of hydrogen-bond donors (Lipinski definition) is 1. The number of oxazole rings is 1. The molecule has 0 saturated heterocycles. The van der Waals surface area contributed by atoms with Crippen LogP contribution in [-0.2, 0) is 4.79 Å². The fraction of sp³-hybridized carbons (Fsp3) is 0.310. The summed E-state index contributed by atoms with van der Waals surface area (Å²) in [6.07, 6.45) is 1.08. The normalized spacial score (nSPS) is 12.1. The largest absolute Gasteiger partial charge is 0.495 e. The molecule has 182 valence electrons. The molecule has 0 aliphatic heterocycles. The van der Waals surface area contributed by atoms with E-state index in [4.69, 9.17) is 13.9 Å². The first-order valence-corrected chi connectivity index (χ1v) is 12.0. The van der Waals surface area contributed by atoms with Gasteiger partial charge in [0.2, 0.25) is 5.89 Å². The Bertz CT molecular complexity index is 1310. The van der Waals surface area contributed by atoms with E-state index in [1.165, 1.54) is 11.1 Å². The van der Waals surface area contributed by atoms with Gasteiger partial charge in [-0.25, -0.2) is 4.98 Å². The average molecular weight is 473 g/mol. The fourth-order valence-corrected chi connectivity index (χ4v) is 3.83. The van der Waals surface area contributed by atoms with Gasteiger partial charge in [-0.2, -0.15) is 0 Å². The van der Waals surface area contributed by atoms with Crippen LogP contribution in [0.1, 0.15) is 57.1 Å². The standard InChI is InChI=1S/C29H32N2O4/c1-6-19(4)20-7-11-23(12-8-20)34-17-28(32)30-24-16-22(10-13-26(24)33-5)29-31-25-15-21(18(2)3)9-14-27(25)35-29/h7-16,18-19H,6,17H2,1-5H3,(H,30,32). The van der Waals surface area contributed by atoms with Gasteiger partial charge in [-0.15, -0.1) is 0 Å². The highest BCUT2D eigenvalue weighted by Gasteiger charge is 2.15. The van der Waals surface area contributed by atoms with E-state index in [9.17, 15) is 4.79 Å². The summed E-state index contributed by atoms with van der Waals surface area (Å²) in [6, 6.07) is 19.4. The Balaban J connectivity index is 1.48. The van der Waals surface area contributed by atoms with Crippen LogP contribution < -0.4 is 14.8 Å². The monoisotopic (exact) mass is 472 g/mol. The third-order valence-electron chi connectivity index (χ3n) is 6.23. The molecule has 0 spiro atoms. The SMILES string of the molecule is CCC(C)c1ccc(OCC(=O)Nc2cc(-c3nc4cc(C(C)C)ccc4o3)ccc2OC)cc1. The summed E-state index contributed by atoms with van der Waals surface area (Å²) in [5, 5.41) is 2.88. The summed E-state index contributed by atoms with van der Waals surface area (Å²) in [5.41, 5.74) is 5.25. The Morgan fingerprint density at radius 3 is 2.43 bits per heavy atom. The Morgan fingerprint density at radius 2 is 1.74 bits per heavy atom. The number of anilines is 1. The summed E-state index contributed by atoms with van der Waals surface area (Å²) in [4.78, 5) is 17.3. The number of carbonyl (C=O) groups is 1. The third-order valence-corrected chi connectivity index (χ3v) is 6.23. The number of rotatable bonds is 9. The molecule has 1 heterocycles. The summed E-state index contributed by atoms with van der Waals surface area (Å²) in [5.74, 6) is 2.29. The molecule has 35 heavy (non-hydrogen) atoms. The molecule has 1 atom stereocenters. The Labute approximate surface area is 206 Å². The van der Waals surface area contributed by atoms with E-state index in [-0.39, 0.29) is 12.5 Å². The van der Waals surface area contributed by atoms with Gasteiger partial charge in [0.05, 0.1) is 12.8 Å². The number of nitrogens with zero attached hydrogens (tertiary/aromatic N) is 1. The Kier molecular flexibility index (Phi) is 7.39. The smallest absolute Gasteiger partial charge is 0.262 e. The van der Waals surface area contributed by atoms with Crippen LogP contribution in [0, 0.1) is 0 Å². The number of hydrogen-bond acceptors (Lipinski definition) is 5. The van der Waals surface area contributed by atoms with Gasteiger partial charge in [0.1, 0.15) is 17.0 Å². The van der Waals surface area contributed by atoms with Crippen LogP contribution in [0.15, 0.2) is 65.1 Å². The van der Waals surface area contributed by atoms with Gasteiger partial charge in [0.25, 0.3) is 5.91 Å². The topological polar surface area (TPSA) is 73.6 Å². The van der Waals surface area contributed by atoms with Crippen LogP contribution >= 0.6 is 0 Å². The number of methoxy groups -OCH3 is 1. The predicted octanol–water partition coefficient (Wildman–Crippen LogP) is 7.16. The first kappa shape index (κ1) is 24.3. The summed E-state index contributed by atoms with van der Waals surface area (Å²) in [6.45, 7) is 8.53. The van der Waals surface area contributed by atoms with E-state index in [0.717, 1.165) is 23.1 Å². The molecule has 6 nitrogen and oxygen atoms in total. The molecule has 0 fully saturated rings. The van der Waals surface area contributed by atoms with Crippen molar-refractivity contribution in [1.29, 1.82) is 0 Å². The second-order valence-corrected chi connectivity index (χ2v) is 9.03. The van der Waals surface area contributed by atoms with Crippen molar-refractivity contribution in [3.63, 3.8) is 0 Å². The molecule has 1 aromatic heterocycles. The molecule has 0 aliphatic carbocycles. The van der Waals surface area contributed by atoms with Crippen molar-refractivity contribution < 1.29 is 18.7 Å². The van der Waals surface area contributed by atoms with Crippen LogP contribution in [0.3, 0.4) is 0 Å². The van der Waals surface area contributed by atoms with E-state index < -0.39 is 0 Å². The van der Waals surface area contributed by atoms with Gasteiger partial charge in [-0.3, -0.25) is 4.79 Å². The molecule has 4 rings (SSSR count). The zero-order valence-corrected chi connectivity index (χ0v) is 20.9. The highest BCUT2D eigenvalue weighted by atomic mass is 16.5. The number of aromatic nitrogens is 1. The number of nitrogens with one attached hydrogen (secondary N) is 1. The summed E-state index contributed by atoms with van der Waals surface area (Å²) in [7, 11) is 1.56. The molecule has 0 bridgehead atoms. The van der Waals surface area contributed by atoms with E-state index in [1.54, 1.807) is 19.2 Å². The van der Waals surface area contributed by atoms with Crippen LogP contribution in [0.5, 0.6) is 11.5 Å². The van der Waals surface area contributed by atoms with Crippen molar-refractivity contribution in [3.8, 4) is 23.0 Å². The molecule has 0 radical (unpaired) electrons. The Morgan fingerprint density at radius 1 is 1.00 bits per heavy atom. The van der Waals surface area contributed by atoms with Crippen molar-refractivity contribution in [2.24, 2.45) is 0 Å². The molecular weight excluding hydrogens is 440 g/mol. The number of fused-ring (bicyclic) bond motifs is 1. The van der Waals surface area contributed by atoms with E-state index in [0.29, 0.717) is 34.9 Å². The molecule has 1 amide bonds. The summed E-state index contributed by atoms with van der Waals surface area (Å²) < 4.78 is 17.1. The first-order valence-electron chi connectivity index (χ1n) is 12.0. The van der Waals surface area contributed by atoms with Gasteiger partial charge in [0, 0.05) is 5.56 Å². The van der Waals surface area contributed by atoms with Gasteiger partial charge in [-0.05, 0) is 71.8 Å². The zero-order chi connectivity index (χ0) is 24.9. The van der Waals surface area contributed by atoms with Crippen molar-refractivity contribution in [2.45, 2.75) is 46.0 Å². The maximum absolute atomic E-state index is 12.6. The number of ether oxygens (including phenoxy) is 2. The lowest BCUT2D eigenvalue weighted by molar-refractivity contribution is -0.118. The van der Waals surface area contributed by atoms with Crippen molar-refractivity contribution >= 4 is 22.7 Å². The quantitative estimate of drug-likeness (QED) is 0.280. The highest BCUT2D eigenvalue weighted by Crippen LogP contribution is 2.32. The van der Waals surface area contributed by atoms with Gasteiger partial charge in [0.15, 0.2) is 12.2 Å². The Hall–Kier alpha value is -3.80. The van der Waals surface area contributed by atoms with Gasteiger partial charge < -0.3 is 19.2 Å². The summed E-state index contributed by atoms with van der Waals surface area (Å²) >= 11 is 0. The number of amides is 1. The molecule has 0 aliphatic rings. The van der Waals surface area contributed by atoms with E-state index in [1.807, 2.05) is 42.5 Å². The molecule has 1 N–H and O–H groups in total. The minimum atomic E-state index is -0.286. The molecule has 6 heteroatoms. The van der Waals surface area contributed by atoms with Gasteiger partial charge >= 0.3 is 0 Å². The van der Waals surface area contributed by atoms with Gasteiger partial charge in [-0.1, -0.05) is 45.9 Å². The molecular formula is C29H32N2O4. The van der Waals surface area contributed by atoms with Crippen LogP contribution in [-0.4, -0.2) is 24.6 Å². The molecule has 4 aromatic rings. The lowest BCUT2D eigenvalue weighted by atomic mass is 9.99. The molecule has 3 aromatic carbocycles. The second-order valence-electron chi connectivity index (χ2n) is 9.03. The lowest BCUT2D eigenvalue weighted by Crippen LogP contribution is -2.20. The predicted molar refractivity (Wildman–Crippen MR) is 139 cm³/mol. The second kappa shape index (κ2) is 10.6. The third kappa shape index (κ3) is 5.65. The van der Waals surface area contributed by atoms with Crippen molar-refractivity contribution in [2.75, 3.05) is 19.0 Å². The highest BCUT2D eigenvalue weighted by molar-refractivity contribution is 5.94. The van der Waals surface area contributed by atoms with Crippen molar-refractivity contribution in [3.05, 3.63) is 71.8 Å². The zero-order valence-electron chi connectivity index (χ0n) is 20.9. The lowest BCUT2D eigenvalue weighted by Gasteiger charge is -2.13. The van der Waals surface area contributed by atoms with Crippen molar-refractivity contribution in [1.82, 2.24) is 4.98 Å². The molecule has 0 saturated carbocycles. The maximum atomic E-state index is 12.6. The minimum Gasteiger partial charge on any atom is -0.495 e.